The summed E-state index contributed by atoms with van der Waals surface area (Å²) in [4.78, 5) is 10.6. The molecule has 8 aromatic carbocycles. The number of benzene rings is 8. The van der Waals surface area contributed by atoms with Gasteiger partial charge in [-0.15, -0.1) is 0 Å². The first-order valence-electron chi connectivity index (χ1n) is 17.5. The van der Waals surface area contributed by atoms with Gasteiger partial charge in [-0.05, 0) is 57.4 Å². The fraction of sp³-hybridized carbons (Fsp3) is 0.0213. The lowest BCUT2D eigenvalue weighted by molar-refractivity contribution is 0.668. The lowest BCUT2D eigenvalue weighted by atomic mass is 9.94. The van der Waals surface area contributed by atoms with Gasteiger partial charge in [0.25, 0.3) is 0 Å². The van der Waals surface area contributed by atoms with E-state index in [2.05, 4.69) is 133 Å². The Labute approximate surface area is 298 Å². The predicted molar refractivity (Wildman–Crippen MR) is 213 cm³/mol. The first-order valence-corrected chi connectivity index (χ1v) is 17.5. The Morgan fingerprint density at radius 3 is 1.96 bits per heavy atom. The average Bonchev–Trinajstić information content (AvgIpc) is 3.78. The van der Waals surface area contributed by atoms with Crippen LogP contribution < -0.4 is 5.32 Å². The van der Waals surface area contributed by atoms with Gasteiger partial charge in [-0.3, -0.25) is 0 Å². The van der Waals surface area contributed by atoms with Gasteiger partial charge in [0.15, 0.2) is 6.17 Å². The van der Waals surface area contributed by atoms with Crippen LogP contribution in [0.25, 0.3) is 76.5 Å². The Kier molecular flexibility index (Phi) is 6.25. The summed E-state index contributed by atoms with van der Waals surface area (Å²) in [6, 6.07) is 56.8. The highest BCUT2D eigenvalue weighted by Crippen LogP contribution is 2.45. The molecule has 5 nitrogen and oxygen atoms in total. The van der Waals surface area contributed by atoms with E-state index in [4.69, 9.17) is 18.8 Å². The molecule has 244 valence electrons. The summed E-state index contributed by atoms with van der Waals surface area (Å²) in [7, 11) is 0. The Hall–Kier alpha value is -6.98. The third-order valence-electron chi connectivity index (χ3n) is 10.3. The molecule has 0 saturated carbocycles. The van der Waals surface area contributed by atoms with E-state index < -0.39 is 6.17 Å². The zero-order valence-electron chi connectivity index (χ0n) is 27.9. The van der Waals surface area contributed by atoms with Crippen LogP contribution in [0.1, 0.15) is 22.9 Å². The van der Waals surface area contributed by atoms with Gasteiger partial charge in [0.1, 0.15) is 34.0 Å². The molecule has 1 unspecified atom stereocenters. The molecule has 1 aliphatic rings. The van der Waals surface area contributed by atoms with Crippen molar-refractivity contribution in [2.45, 2.75) is 6.17 Å². The summed E-state index contributed by atoms with van der Waals surface area (Å²) in [5.74, 6) is 1.55. The van der Waals surface area contributed by atoms with Crippen molar-refractivity contribution < 1.29 is 8.83 Å². The molecule has 5 heteroatoms. The molecule has 11 rings (SSSR count). The van der Waals surface area contributed by atoms with E-state index in [1.54, 1.807) is 0 Å². The van der Waals surface area contributed by atoms with Crippen molar-refractivity contribution in [2.75, 3.05) is 0 Å². The van der Waals surface area contributed by atoms with Crippen molar-refractivity contribution in [1.29, 1.82) is 0 Å². The molecule has 0 aliphatic carbocycles. The van der Waals surface area contributed by atoms with Crippen LogP contribution in [0.5, 0.6) is 0 Å². The molecular weight excluding hydrogens is 639 g/mol. The SMILES string of the molecule is c1ccc(C2=NC(c3ccc(-c4cccc5oc6cc7ccccc7cc6c45)c4oc5ccccc5c34)N=C(c3ccc4ccccc4c3)N2)cc1. The van der Waals surface area contributed by atoms with E-state index in [-0.39, 0.29) is 0 Å². The molecule has 1 atom stereocenters. The van der Waals surface area contributed by atoms with Crippen LogP contribution in [0, 0.1) is 0 Å². The number of furan rings is 2. The van der Waals surface area contributed by atoms with Gasteiger partial charge in [0.05, 0.1) is 0 Å². The van der Waals surface area contributed by atoms with Crippen LogP contribution in [0.2, 0.25) is 0 Å². The average molecular weight is 668 g/mol. The minimum absolute atomic E-state index is 0.521. The standard InChI is InChI=1S/C47H29N3O2/c1-2-12-29(13-3-1)45-48-46(33-22-21-28-11-4-5-14-30(28)25-33)50-47(49-45)37-24-23-35(44-43(37)36-17-8-9-19-39(36)52-44)34-18-10-20-40-42(34)38-26-31-15-6-7-16-32(31)27-41(38)51-40/h1-27,47H,(H,48,49,50). The summed E-state index contributed by atoms with van der Waals surface area (Å²) in [6.45, 7) is 0. The second-order valence-electron chi connectivity index (χ2n) is 13.4. The molecule has 1 N–H and O–H groups in total. The lowest BCUT2D eigenvalue weighted by Gasteiger charge is -2.23. The van der Waals surface area contributed by atoms with Crippen LogP contribution in [0.3, 0.4) is 0 Å². The molecule has 52 heavy (non-hydrogen) atoms. The smallest absolute Gasteiger partial charge is 0.170 e. The highest BCUT2D eigenvalue weighted by Gasteiger charge is 2.26. The van der Waals surface area contributed by atoms with Crippen LogP contribution in [-0.2, 0) is 0 Å². The summed E-state index contributed by atoms with van der Waals surface area (Å²) >= 11 is 0. The van der Waals surface area contributed by atoms with Crippen LogP contribution in [-0.4, -0.2) is 11.7 Å². The summed E-state index contributed by atoms with van der Waals surface area (Å²) < 4.78 is 13.3. The van der Waals surface area contributed by atoms with Crippen LogP contribution in [0.4, 0.5) is 0 Å². The summed E-state index contributed by atoms with van der Waals surface area (Å²) in [5.41, 5.74) is 8.37. The van der Waals surface area contributed by atoms with Gasteiger partial charge in [0.2, 0.25) is 0 Å². The van der Waals surface area contributed by atoms with Crippen molar-refractivity contribution >= 4 is 77.1 Å². The largest absolute Gasteiger partial charge is 0.456 e. The van der Waals surface area contributed by atoms with E-state index in [0.717, 1.165) is 94.1 Å². The Bertz CT molecular complexity index is 3110. The van der Waals surface area contributed by atoms with Crippen molar-refractivity contribution in [3.63, 3.8) is 0 Å². The molecule has 0 spiro atoms. The number of aliphatic imine (C=N–C) groups is 2. The molecule has 0 saturated heterocycles. The van der Waals surface area contributed by atoms with Gasteiger partial charge in [-0.2, -0.15) is 0 Å². The Morgan fingerprint density at radius 1 is 0.423 bits per heavy atom. The summed E-state index contributed by atoms with van der Waals surface area (Å²) in [5, 5.41) is 12.4. The molecule has 0 amide bonds. The van der Waals surface area contributed by atoms with Crippen LogP contribution >= 0.6 is 0 Å². The first-order chi connectivity index (χ1) is 25.7. The molecule has 1 aliphatic heterocycles. The number of para-hydroxylation sites is 1. The van der Waals surface area contributed by atoms with Gasteiger partial charge >= 0.3 is 0 Å². The zero-order chi connectivity index (χ0) is 34.2. The number of nitrogens with one attached hydrogen (secondary N) is 1. The number of hydrogen-bond acceptors (Lipinski definition) is 5. The molecule has 2 aromatic heterocycles. The molecule has 0 radical (unpaired) electrons. The maximum absolute atomic E-state index is 6.81. The van der Waals surface area contributed by atoms with Crippen molar-refractivity contribution in [1.82, 2.24) is 5.32 Å². The fourth-order valence-electron chi connectivity index (χ4n) is 7.83. The van der Waals surface area contributed by atoms with E-state index in [9.17, 15) is 0 Å². The predicted octanol–water partition coefficient (Wildman–Crippen LogP) is 12.0. The van der Waals surface area contributed by atoms with Crippen molar-refractivity contribution in [3.8, 4) is 11.1 Å². The normalized spacial score (nSPS) is 14.7. The Balaban J connectivity index is 1.15. The van der Waals surface area contributed by atoms with Gasteiger partial charge in [-0.1, -0.05) is 133 Å². The second kappa shape index (κ2) is 11.3. The molecular formula is C47H29N3O2. The van der Waals surface area contributed by atoms with Crippen LogP contribution in [0.15, 0.2) is 183 Å². The van der Waals surface area contributed by atoms with Crippen molar-refractivity contribution in [3.05, 3.63) is 180 Å². The van der Waals surface area contributed by atoms with Gasteiger partial charge in [-0.25, -0.2) is 9.98 Å². The minimum atomic E-state index is -0.521. The van der Waals surface area contributed by atoms with Gasteiger partial charge < -0.3 is 14.2 Å². The number of hydrogen-bond donors (Lipinski definition) is 1. The number of fused-ring (bicyclic) bond motifs is 8. The number of rotatable bonds is 4. The Morgan fingerprint density at radius 2 is 1.12 bits per heavy atom. The maximum Gasteiger partial charge on any atom is 0.170 e. The molecule has 0 bridgehead atoms. The van der Waals surface area contributed by atoms with E-state index in [1.165, 1.54) is 10.8 Å². The minimum Gasteiger partial charge on any atom is -0.456 e. The lowest BCUT2D eigenvalue weighted by Crippen LogP contribution is -2.36. The van der Waals surface area contributed by atoms with E-state index in [1.807, 2.05) is 36.4 Å². The quantitative estimate of drug-likeness (QED) is 0.203. The second-order valence-corrected chi connectivity index (χ2v) is 13.4. The number of amidine groups is 2. The molecule has 3 heterocycles. The van der Waals surface area contributed by atoms with E-state index in [0.29, 0.717) is 0 Å². The molecule has 0 fully saturated rings. The molecule has 10 aromatic rings. The highest BCUT2D eigenvalue weighted by atomic mass is 16.3. The third kappa shape index (κ3) is 4.49. The topological polar surface area (TPSA) is 63.0 Å². The fourth-order valence-corrected chi connectivity index (χ4v) is 7.83. The van der Waals surface area contributed by atoms with Gasteiger partial charge in [0, 0.05) is 43.8 Å². The van der Waals surface area contributed by atoms with E-state index >= 15 is 0 Å². The van der Waals surface area contributed by atoms with Crippen molar-refractivity contribution in [2.24, 2.45) is 9.98 Å². The zero-order valence-corrected chi connectivity index (χ0v) is 27.9. The highest BCUT2D eigenvalue weighted by molar-refractivity contribution is 6.20. The maximum atomic E-state index is 6.81. The monoisotopic (exact) mass is 667 g/mol. The number of nitrogens with zero attached hydrogens (tertiary/aromatic N) is 2. The first kappa shape index (κ1) is 28.8. The third-order valence-corrected chi connectivity index (χ3v) is 10.3. The summed E-state index contributed by atoms with van der Waals surface area (Å²) in [6.07, 6.45) is -0.521.